The van der Waals surface area contributed by atoms with Crippen molar-refractivity contribution >= 4 is 21.7 Å². The molecule has 1 atom stereocenters. The third kappa shape index (κ3) is 3.71. The first-order chi connectivity index (χ1) is 12.0. The van der Waals surface area contributed by atoms with Gasteiger partial charge in [-0.1, -0.05) is 0 Å². The molecule has 25 heavy (non-hydrogen) atoms. The molecule has 3 heterocycles. The fraction of sp³-hybridized carbons (Fsp3) is 0.737. The Bertz CT molecular complexity index is 623. The van der Waals surface area contributed by atoms with Crippen molar-refractivity contribution in [3.8, 4) is 0 Å². The van der Waals surface area contributed by atoms with Crippen LogP contribution < -0.4 is 4.90 Å². The number of aromatic nitrogens is 1. The lowest BCUT2D eigenvalue weighted by molar-refractivity contribution is 0.0770. The topological polar surface area (TPSA) is 39.6 Å². The summed E-state index contributed by atoms with van der Waals surface area (Å²) in [5.41, 5.74) is 0.273. The van der Waals surface area contributed by atoms with E-state index in [2.05, 4.69) is 30.7 Å². The quantitative estimate of drug-likeness (QED) is 0.806. The van der Waals surface area contributed by atoms with Crippen LogP contribution in [0.3, 0.4) is 0 Å². The van der Waals surface area contributed by atoms with Gasteiger partial charge < -0.3 is 10.0 Å². The summed E-state index contributed by atoms with van der Waals surface area (Å²) < 4.78 is 15.0. The van der Waals surface area contributed by atoms with Crippen LogP contribution in [0.2, 0.25) is 0 Å². The minimum Gasteiger partial charge on any atom is -0.393 e. The van der Waals surface area contributed by atoms with Crippen LogP contribution in [0.5, 0.6) is 0 Å². The number of anilines is 1. The zero-order valence-corrected chi connectivity index (χ0v) is 16.2. The molecule has 4 nitrogen and oxygen atoms in total. The molecule has 3 fully saturated rings. The number of hydrogen-bond donors (Lipinski definition) is 1. The first-order valence-corrected chi connectivity index (χ1v) is 10.3. The minimum atomic E-state index is -0.234. The summed E-state index contributed by atoms with van der Waals surface area (Å²) in [6.45, 7) is 4.06. The van der Waals surface area contributed by atoms with Gasteiger partial charge in [-0.25, -0.2) is 9.37 Å². The predicted molar refractivity (Wildman–Crippen MR) is 100 cm³/mol. The maximum absolute atomic E-state index is 14.3. The molecule has 1 aromatic rings. The van der Waals surface area contributed by atoms with Gasteiger partial charge in [-0.3, -0.25) is 4.90 Å². The molecule has 1 spiro atoms. The van der Waals surface area contributed by atoms with Gasteiger partial charge in [0, 0.05) is 41.8 Å². The average Bonchev–Trinajstić information content (AvgIpc) is 2.99. The number of pyridine rings is 1. The highest BCUT2D eigenvalue weighted by Crippen LogP contribution is 2.42. The van der Waals surface area contributed by atoms with Crippen LogP contribution in [0.15, 0.2) is 16.7 Å². The van der Waals surface area contributed by atoms with Crippen molar-refractivity contribution in [2.75, 3.05) is 31.1 Å². The number of hydrogen-bond acceptors (Lipinski definition) is 4. The molecule has 0 unspecified atom stereocenters. The van der Waals surface area contributed by atoms with E-state index in [1.54, 1.807) is 6.20 Å². The predicted octanol–water partition coefficient (Wildman–Crippen LogP) is 3.58. The number of aliphatic hydroxyl groups excluding tert-OH is 1. The van der Waals surface area contributed by atoms with Gasteiger partial charge in [-0.2, -0.15) is 0 Å². The van der Waals surface area contributed by atoms with Gasteiger partial charge in [0.05, 0.1) is 6.10 Å². The zero-order chi connectivity index (χ0) is 17.4. The lowest BCUT2D eigenvalue weighted by Crippen LogP contribution is -2.47. The third-order valence-electron chi connectivity index (χ3n) is 6.40. The Morgan fingerprint density at radius 2 is 1.96 bits per heavy atom. The molecule has 2 saturated heterocycles. The van der Waals surface area contributed by atoms with E-state index >= 15 is 0 Å². The standard InChI is InChI=1S/C19H27BrFN3O/c20-14-10-17(21)18(22-11-14)24-8-1-6-19(13-24)7-9-23(12-19)15-2-4-16(25)5-3-15/h10-11,15-16,25H,1-9,12-13H2/t15?,16?,19-/m1/s1. The number of rotatable bonds is 2. The smallest absolute Gasteiger partial charge is 0.166 e. The van der Waals surface area contributed by atoms with E-state index in [1.807, 2.05) is 0 Å². The molecule has 1 N–H and O–H groups in total. The molecule has 3 aliphatic rings. The van der Waals surface area contributed by atoms with Crippen LogP contribution in [0.1, 0.15) is 44.9 Å². The highest BCUT2D eigenvalue weighted by Gasteiger charge is 2.44. The molecule has 2 aliphatic heterocycles. The van der Waals surface area contributed by atoms with E-state index in [-0.39, 0.29) is 17.3 Å². The second kappa shape index (κ2) is 7.12. The Labute approximate surface area is 157 Å². The van der Waals surface area contributed by atoms with Crippen LogP contribution in [0, 0.1) is 11.2 Å². The molecule has 138 valence electrons. The summed E-state index contributed by atoms with van der Waals surface area (Å²) in [7, 11) is 0. The third-order valence-corrected chi connectivity index (χ3v) is 6.83. The highest BCUT2D eigenvalue weighted by molar-refractivity contribution is 9.10. The van der Waals surface area contributed by atoms with Crippen molar-refractivity contribution in [2.24, 2.45) is 5.41 Å². The number of aliphatic hydroxyl groups is 1. The second-order valence-corrected chi connectivity index (χ2v) is 9.08. The molecule has 0 bridgehead atoms. The molecular weight excluding hydrogens is 385 g/mol. The molecule has 0 amide bonds. The van der Waals surface area contributed by atoms with E-state index in [0.29, 0.717) is 16.3 Å². The lowest BCUT2D eigenvalue weighted by Gasteiger charge is -2.42. The van der Waals surface area contributed by atoms with Gasteiger partial charge in [-0.15, -0.1) is 0 Å². The second-order valence-electron chi connectivity index (χ2n) is 8.17. The Balaban J connectivity index is 1.44. The van der Waals surface area contributed by atoms with Crippen molar-refractivity contribution < 1.29 is 9.50 Å². The summed E-state index contributed by atoms with van der Waals surface area (Å²) in [5.74, 6) is 0.268. The van der Waals surface area contributed by atoms with Gasteiger partial charge in [0.1, 0.15) is 0 Å². The molecule has 0 radical (unpaired) electrons. The normalized spacial score (nSPS) is 34.0. The van der Waals surface area contributed by atoms with Gasteiger partial charge in [0.15, 0.2) is 11.6 Å². The fourth-order valence-electron chi connectivity index (χ4n) is 5.07. The van der Waals surface area contributed by atoms with Gasteiger partial charge in [0.2, 0.25) is 0 Å². The van der Waals surface area contributed by atoms with Crippen LogP contribution in [-0.4, -0.2) is 53.3 Å². The summed E-state index contributed by atoms with van der Waals surface area (Å²) >= 11 is 3.29. The Morgan fingerprint density at radius 3 is 2.72 bits per heavy atom. The maximum Gasteiger partial charge on any atom is 0.166 e. The fourth-order valence-corrected chi connectivity index (χ4v) is 5.37. The summed E-state index contributed by atoms with van der Waals surface area (Å²) in [5, 5.41) is 9.75. The van der Waals surface area contributed by atoms with Gasteiger partial charge in [-0.05, 0) is 73.5 Å². The summed E-state index contributed by atoms with van der Waals surface area (Å²) in [6.07, 6.45) is 9.23. The van der Waals surface area contributed by atoms with E-state index < -0.39 is 0 Å². The highest BCUT2D eigenvalue weighted by atomic mass is 79.9. The molecule has 0 aromatic carbocycles. The number of nitrogens with zero attached hydrogens (tertiary/aromatic N) is 3. The van der Waals surface area contributed by atoms with Crippen LogP contribution >= 0.6 is 15.9 Å². The minimum absolute atomic E-state index is 0.0931. The van der Waals surface area contributed by atoms with Gasteiger partial charge >= 0.3 is 0 Å². The zero-order valence-electron chi connectivity index (χ0n) is 14.6. The van der Waals surface area contributed by atoms with Crippen molar-refractivity contribution in [2.45, 2.75) is 57.1 Å². The first-order valence-electron chi connectivity index (χ1n) is 9.53. The molecule has 4 rings (SSSR count). The van der Waals surface area contributed by atoms with Crippen molar-refractivity contribution in [3.63, 3.8) is 0 Å². The summed E-state index contributed by atoms with van der Waals surface area (Å²) in [6, 6.07) is 2.14. The van der Waals surface area contributed by atoms with Crippen molar-refractivity contribution in [1.82, 2.24) is 9.88 Å². The first kappa shape index (κ1) is 17.7. The maximum atomic E-state index is 14.3. The Morgan fingerprint density at radius 1 is 1.16 bits per heavy atom. The Hall–Kier alpha value is -0.720. The van der Waals surface area contributed by atoms with Crippen LogP contribution in [0.25, 0.3) is 0 Å². The number of halogens is 2. The average molecular weight is 412 g/mol. The number of likely N-dealkylation sites (tertiary alicyclic amines) is 1. The van der Waals surface area contributed by atoms with Gasteiger partial charge in [0.25, 0.3) is 0 Å². The lowest BCUT2D eigenvalue weighted by atomic mass is 9.79. The van der Waals surface area contributed by atoms with Crippen LogP contribution in [-0.2, 0) is 0 Å². The van der Waals surface area contributed by atoms with Crippen molar-refractivity contribution in [1.29, 1.82) is 0 Å². The Kier molecular flexibility index (Phi) is 5.04. The number of piperidine rings is 1. The largest absolute Gasteiger partial charge is 0.393 e. The molecular formula is C19H27BrFN3O. The van der Waals surface area contributed by atoms with Crippen LogP contribution in [0.4, 0.5) is 10.2 Å². The van der Waals surface area contributed by atoms with E-state index in [9.17, 15) is 9.50 Å². The van der Waals surface area contributed by atoms with Crippen molar-refractivity contribution in [3.05, 3.63) is 22.6 Å². The van der Waals surface area contributed by atoms with E-state index in [4.69, 9.17) is 0 Å². The monoisotopic (exact) mass is 411 g/mol. The molecule has 1 aromatic heterocycles. The SMILES string of the molecule is OC1CCC(N2CC[C@]3(CCCN(c4ncc(Br)cc4F)C3)C2)CC1. The molecule has 1 saturated carbocycles. The summed E-state index contributed by atoms with van der Waals surface area (Å²) in [4.78, 5) is 9.13. The molecule has 6 heteroatoms. The molecule has 1 aliphatic carbocycles. The van der Waals surface area contributed by atoms with E-state index in [0.717, 1.165) is 58.3 Å². The van der Waals surface area contributed by atoms with E-state index in [1.165, 1.54) is 18.9 Å².